The molecule has 3 rings (SSSR count). The number of halogens is 1. The molecule has 2 aromatic rings. The molecule has 1 aromatic heterocycles. The van der Waals surface area contributed by atoms with Crippen LogP contribution in [0.15, 0.2) is 42.7 Å². The molecule has 1 aliphatic heterocycles. The average molecular weight is 288 g/mol. The Balaban J connectivity index is 1.52. The van der Waals surface area contributed by atoms with Crippen LogP contribution in [0, 0.1) is 5.82 Å². The molecule has 0 unspecified atom stereocenters. The van der Waals surface area contributed by atoms with Gasteiger partial charge in [0.05, 0.1) is 6.54 Å². The zero-order valence-electron chi connectivity index (χ0n) is 12.2. The normalized spacial score (nSPS) is 16.9. The first-order valence-electron chi connectivity index (χ1n) is 7.51. The lowest BCUT2D eigenvalue weighted by Crippen LogP contribution is -2.32. The van der Waals surface area contributed by atoms with Crippen molar-refractivity contribution in [3.8, 4) is 0 Å². The summed E-state index contributed by atoms with van der Waals surface area (Å²) in [7, 11) is 0. The molecule has 0 saturated carbocycles. The Kier molecular flexibility index (Phi) is 4.50. The van der Waals surface area contributed by atoms with E-state index in [9.17, 15) is 4.39 Å². The van der Waals surface area contributed by atoms with Crippen LogP contribution in [0.25, 0.3) is 0 Å². The van der Waals surface area contributed by atoms with Gasteiger partial charge in [0.15, 0.2) is 0 Å². The molecule has 4 nitrogen and oxygen atoms in total. The van der Waals surface area contributed by atoms with Crippen LogP contribution in [0.3, 0.4) is 0 Å². The molecular formula is C16H21FN4. The quantitative estimate of drug-likeness (QED) is 0.862. The van der Waals surface area contributed by atoms with E-state index in [-0.39, 0.29) is 5.82 Å². The Bertz CT molecular complexity index is 538. The Labute approximate surface area is 124 Å². The van der Waals surface area contributed by atoms with E-state index in [1.165, 1.54) is 12.1 Å². The molecule has 21 heavy (non-hydrogen) atoms. The standard InChI is InChI=1S/C16H21FN4/c17-15-3-5-16(6-4-15)20-9-2-8-19(11-13-20)12-14-21-10-1-7-18-21/h1,3-7,10H,2,8-9,11-14H2. The minimum Gasteiger partial charge on any atom is -0.370 e. The summed E-state index contributed by atoms with van der Waals surface area (Å²) >= 11 is 0. The molecule has 112 valence electrons. The van der Waals surface area contributed by atoms with E-state index in [2.05, 4.69) is 14.9 Å². The number of anilines is 1. The van der Waals surface area contributed by atoms with Crippen LogP contribution >= 0.6 is 0 Å². The molecule has 1 aliphatic rings. The molecule has 0 N–H and O–H groups in total. The van der Waals surface area contributed by atoms with Crippen LogP contribution in [-0.4, -0.2) is 47.4 Å². The number of nitrogens with zero attached hydrogens (tertiary/aromatic N) is 4. The van der Waals surface area contributed by atoms with E-state index in [0.717, 1.165) is 51.4 Å². The van der Waals surface area contributed by atoms with Gasteiger partial charge in [0.2, 0.25) is 0 Å². The van der Waals surface area contributed by atoms with E-state index in [0.29, 0.717) is 0 Å². The lowest BCUT2D eigenvalue weighted by molar-refractivity contribution is 0.276. The second kappa shape index (κ2) is 6.72. The molecule has 1 fully saturated rings. The molecule has 0 aliphatic carbocycles. The summed E-state index contributed by atoms with van der Waals surface area (Å²) in [5, 5.41) is 4.24. The zero-order valence-corrected chi connectivity index (χ0v) is 12.2. The fourth-order valence-corrected chi connectivity index (χ4v) is 2.78. The number of hydrogen-bond acceptors (Lipinski definition) is 3. The van der Waals surface area contributed by atoms with Crippen LogP contribution in [0.4, 0.5) is 10.1 Å². The number of rotatable bonds is 4. The number of hydrogen-bond donors (Lipinski definition) is 0. The van der Waals surface area contributed by atoms with Gasteiger partial charge in [-0.3, -0.25) is 9.58 Å². The highest BCUT2D eigenvalue weighted by Gasteiger charge is 2.15. The summed E-state index contributed by atoms with van der Waals surface area (Å²) in [6.07, 6.45) is 4.96. The molecule has 0 radical (unpaired) electrons. The first kappa shape index (κ1) is 14.1. The monoisotopic (exact) mass is 288 g/mol. The maximum atomic E-state index is 13.0. The number of aromatic nitrogens is 2. The lowest BCUT2D eigenvalue weighted by Gasteiger charge is -2.23. The molecule has 1 saturated heterocycles. The smallest absolute Gasteiger partial charge is 0.123 e. The largest absolute Gasteiger partial charge is 0.370 e. The lowest BCUT2D eigenvalue weighted by atomic mass is 10.2. The third-order valence-electron chi connectivity index (χ3n) is 3.98. The summed E-state index contributed by atoms with van der Waals surface area (Å²) in [6.45, 7) is 6.13. The number of benzene rings is 1. The van der Waals surface area contributed by atoms with Crippen LogP contribution in [0.2, 0.25) is 0 Å². The summed E-state index contributed by atoms with van der Waals surface area (Å²) in [5.41, 5.74) is 1.12. The Morgan fingerprint density at radius 3 is 2.62 bits per heavy atom. The Hall–Kier alpha value is -1.88. The fourth-order valence-electron chi connectivity index (χ4n) is 2.78. The van der Waals surface area contributed by atoms with Gasteiger partial charge in [-0.05, 0) is 43.3 Å². The summed E-state index contributed by atoms with van der Waals surface area (Å²) in [5.74, 6) is -0.172. The maximum absolute atomic E-state index is 13.0. The van der Waals surface area contributed by atoms with Crippen molar-refractivity contribution >= 4 is 5.69 Å². The van der Waals surface area contributed by atoms with Crippen LogP contribution in [-0.2, 0) is 6.54 Å². The van der Waals surface area contributed by atoms with E-state index in [1.54, 1.807) is 0 Å². The molecule has 0 bridgehead atoms. The van der Waals surface area contributed by atoms with E-state index in [4.69, 9.17) is 0 Å². The van der Waals surface area contributed by atoms with Gasteiger partial charge in [-0.1, -0.05) is 0 Å². The van der Waals surface area contributed by atoms with Gasteiger partial charge in [0.1, 0.15) is 5.82 Å². The van der Waals surface area contributed by atoms with Gasteiger partial charge < -0.3 is 4.90 Å². The molecule has 0 amide bonds. The van der Waals surface area contributed by atoms with Crippen LogP contribution in [0.1, 0.15) is 6.42 Å². The highest BCUT2D eigenvalue weighted by atomic mass is 19.1. The topological polar surface area (TPSA) is 24.3 Å². The summed E-state index contributed by atoms with van der Waals surface area (Å²) in [6, 6.07) is 8.77. The summed E-state index contributed by atoms with van der Waals surface area (Å²) < 4.78 is 15.0. The van der Waals surface area contributed by atoms with Crippen LogP contribution in [0.5, 0.6) is 0 Å². The van der Waals surface area contributed by atoms with Gasteiger partial charge in [0.25, 0.3) is 0 Å². The van der Waals surface area contributed by atoms with E-state index < -0.39 is 0 Å². The van der Waals surface area contributed by atoms with Gasteiger partial charge in [-0.2, -0.15) is 5.10 Å². The third kappa shape index (κ3) is 3.82. The van der Waals surface area contributed by atoms with Gasteiger partial charge in [-0.15, -0.1) is 0 Å². The van der Waals surface area contributed by atoms with Gasteiger partial charge in [-0.25, -0.2) is 4.39 Å². The molecule has 1 aromatic carbocycles. The maximum Gasteiger partial charge on any atom is 0.123 e. The molecule has 0 spiro atoms. The van der Waals surface area contributed by atoms with Crippen molar-refractivity contribution in [2.75, 3.05) is 37.6 Å². The zero-order chi connectivity index (χ0) is 14.5. The van der Waals surface area contributed by atoms with Crippen molar-refractivity contribution in [1.82, 2.24) is 14.7 Å². The van der Waals surface area contributed by atoms with Crippen molar-refractivity contribution in [2.24, 2.45) is 0 Å². The van der Waals surface area contributed by atoms with Crippen molar-refractivity contribution in [1.29, 1.82) is 0 Å². The molecule has 2 heterocycles. The molecule has 0 atom stereocenters. The SMILES string of the molecule is Fc1ccc(N2CCCN(CCn3cccn3)CC2)cc1. The highest BCUT2D eigenvalue weighted by molar-refractivity contribution is 5.46. The Morgan fingerprint density at radius 2 is 1.86 bits per heavy atom. The van der Waals surface area contributed by atoms with Gasteiger partial charge >= 0.3 is 0 Å². The molecular weight excluding hydrogens is 267 g/mol. The first-order valence-corrected chi connectivity index (χ1v) is 7.51. The minimum atomic E-state index is -0.172. The van der Waals surface area contributed by atoms with Crippen molar-refractivity contribution in [2.45, 2.75) is 13.0 Å². The van der Waals surface area contributed by atoms with Gasteiger partial charge in [0, 0.05) is 44.3 Å². The second-order valence-corrected chi connectivity index (χ2v) is 5.43. The van der Waals surface area contributed by atoms with E-state index >= 15 is 0 Å². The van der Waals surface area contributed by atoms with Crippen molar-refractivity contribution in [3.63, 3.8) is 0 Å². The van der Waals surface area contributed by atoms with Crippen molar-refractivity contribution in [3.05, 3.63) is 48.5 Å². The van der Waals surface area contributed by atoms with Crippen molar-refractivity contribution < 1.29 is 4.39 Å². The minimum absolute atomic E-state index is 0.172. The molecule has 5 heteroatoms. The Morgan fingerprint density at radius 1 is 1.00 bits per heavy atom. The third-order valence-corrected chi connectivity index (χ3v) is 3.98. The predicted octanol–water partition coefficient (Wildman–Crippen LogP) is 2.23. The first-order chi connectivity index (χ1) is 10.3. The van der Waals surface area contributed by atoms with E-state index in [1.807, 2.05) is 35.3 Å². The fraction of sp³-hybridized carbons (Fsp3) is 0.438. The average Bonchev–Trinajstić information content (AvgIpc) is 2.91. The summed E-state index contributed by atoms with van der Waals surface area (Å²) in [4.78, 5) is 4.82. The van der Waals surface area contributed by atoms with Crippen LogP contribution < -0.4 is 4.90 Å². The second-order valence-electron chi connectivity index (χ2n) is 5.43. The predicted molar refractivity (Wildman–Crippen MR) is 81.9 cm³/mol. The highest BCUT2D eigenvalue weighted by Crippen LogP contribution is 2.17.